The van der Waals surface area contributed by atoms with Gasteiger partial charge in [-0.2, -0.15) is 10.4 Å². The van der Waals surface area contributed by atoms with Gasteiger partial charge in [-0.3, -0.25) is 14.7 Å². The SMILES string of the molecule is CC(C)N1CCN(C(=O)c2ccc3c(n2)CCC2C3=NN(c3ccc(C#N)c(Cl)c3)C2C2CCCC2)C1. The van der Waals surface area contributed by atoms with Gasteiger partial charge < -0.3 is 4.90 Å². The molecule has 0 N–H and O–H groups in total. The topological polar surface area (TPSA) is 75.8 Å². The number of nitriles is 1. The highest BCUT2D eigenvalue weighted by molar-refractivity contribution is 6.32. The Bertz CT molecular complexity index is 1290. The number of aryl methyl sites for hydroxylation is 1. The van der Waals surface area contributed by atoms with Gasteiger partial charge in [0.25, 0.3) is 5.91 Å². The van der Waals surface area contributed by atoms with E-state index in [1.54, 1.807) is 6.07 Å². The first-order valence-electron chi connectivity index (χ1n) is 13.6. The zero-order valence-electron chi connectivity index (χ0n) is 21.5. The molecule has 8 heteroatoms. The number of pyridine rings is 1. The zero-order valence-corrected chi connectivity index (χ0v) is 22.3. The summed E-state index contributed by atoms with van der Waals surface area (Å²) in [5, 5.41) is 17.2. The van der Waals surface area contributed by atoms with Crippen LogP contribution in [0.1, 0.15) is 73.3 Å². The van der Waals surface area contributed by atoms with Gasteiger partial charge in [-0.05, 0) is 75.8 Å². The van der Waals surface area contributed by atoms with E-state index in [4.69, 9.17) is 21.7 Å². The predicted octanol–water partition coefficient (Wildman–Crippen LogP) is 5.08. The van der Waals surface area contributed by atoms with Gasteiger partial charge in [0.1, 0.15) is 11.8 Å². The van der Waals surface area contributed by atoms with E-state index in [2.05, 4.69) is 35.9 Å². The van der Waals surface area contributed by atoms with E-state index in [1.165, 1.54) is 25.7 Å². The van der Waals surface area contributed by atoms with Crippen LogP contribution >= 0.6 is 11.6 Å². The molecule has 2 aliphatic carbocycles. The highest BCUT2D eigenvalue weighted by Crippen LogP contribution is 2.45. The van der Waals surface area contributed by atoms with Gasteiger partial charge in [0, 0.05) is 30.6 Å². The molecule has 37 heavy (non-hydrogen) atoms. The fraction of sp³-hybridized carbons (Fsp3) is 0.517. The Labute approximate surface area is 223 Å². The van der Waals surface area contributed by atoms with Gasteiger partial charge in [-0.1, -0.05) is 24.4 Å². The number of nitrogens with zero attached hydrogens (tertiary/aromatic N) is 6. The van der Waals surface area contributed by atoms with Crippen molar-refractivity contribution < 1.29 is 4.79 Å². The second kappa shape index (κ2) is 9.74. The number of aromatic nitrogens is 1. The fourth-order valence-corrected chi connectivity index (χ4v) is 6.86. The fourth-order valence-electron chi connectivity index (χ4n) is 6.64. The normalized spacial score (nSPS) is 23.8. The molecule has 1 amide bonds. The second-order valence-corrected chi connectivity index (χ2v) is 11.5. The van der Waals surface area contributed by atoms with Crippen LogP contribution in [0.3, 0.4) is 0 Å². The third-order valence-electron chi connectivity index (χ3n) is 8.67. The quantitative estimate of drug-likeness (QED) is 0.566. The molecule has 7 nitrogen and oxygen atoms in total. The largest absolute Gasteiger partial charge is 0.323 e. The van der Waals surface area contributed by atoms with E-state index in [-0.39, 0.29) is 11.9 Å². The number of hydrogen-bond donors (Lipinski definition) is 0. The molecule has 2 unspecified atom stereocenters. The average Bonchev–Trinajstić information content (AvgIpc) is 3.67. The molecule has 4 aliphatic rings. The maximum Gasteiger partial charge on any atom is 0.273 e. The first kappa shape index (κ1) is 24.4. The van der Waals surface area contributed by atoms with Gasteiger partial charge in [-0.25, -0.2) is 4.98 Å². The molecule has 1 saturated heterocycles. The molecule has 0 bridgehead atoms. The van der Waals surface area contributed by atoms with Crippen LogP contribution in [0.5, 0.6) is 0 Å². The third-order valence-corrected chi connectivity index (χ3v) is 8.98. The molecule has 2 aliphatic heterocycles. The lowest BCUT2D eigenvalue weighted by molar-refractivity contribution is 0.0750. The van der Waals surface area contributed by atoms with Crippen molar-refractivity contribution in [3.05, 3.63) is 57.9 Å². The first-order chi connectivity index (χ1) is 17.9. The van der Waals surface area contributed by atoms with Crippen LogP contribution in [0.25, 0.3) is 0 Å². The lowest BCUT2D eigenvalue weighted by atomic mass is 9.76. The van der Waals surface area contributed by atoms with Crippen LogP contribution in [0.15, 0.2) is 35.4 Å². The number of fused-ring (bicyclic) bond motifs is 3. The van der Waals surface area contributed by atoms with Crippen molar-refractivity contribution in [2.75, 3.05) is 24.8 Å². The Morgan fingerprint density at radius 3 is 2.65 bits per heavy atom. The number of benzene rings is 1. The monoisotopic (exact) mass is 516 g/mol. The number of anilines is 1. The standard InChI is InChI=1S/C29H33ClN6O/c1-18(2)34-13-14-35(17-34)29(37)26-12-9-22-25(32-26)11-10-23-27(22)33-36(28(23)19-5-3-4-6-19)21-8-7-20(16-31)24(30)15-21/h7-9,12,15,18-19,23,28H,3-6,10-11,13-14,17H2,1-2H3. The first-order valence-corrected chi connectivity index (χ1v) is 13.9. The smallest absolute Gasteiger partial charge is 0.273 e. The van der Waals surface area contributed by atoms with Crippen molar-refractivity contribution >= 4 is 28.9 Å². The Kier molecular flexibility index (Phi) is 6.42. The minimum absolute atomic E-state index is 0.0131. The molecule has 2 aromatic rings. The van der Waals surface area contributed by atoms with Crippen molar-refractivity contribution in [2.24, 2.45) is 16.9 Å². The molecule has 0 radical (unpaired) electrons. The van der Waals surface area contributed by atoms with Crippen molar-refractivity contribution in [1.29, 1.82) is 5.26 Å². The summed E-state index contributed by atoms with van der Waals surface area (Å²) in [6, 6.07) is 12.4. The van der Waals surface area contributed by atoms with Crippen LogP contribution in [-0.2, 0) is 6.42 Å². The molecular formula is C29H33ClN6O. The van der Waals surface area contributed by atoms with E-state index in [9.17, 15) is 10.1 Å². The molecule has 2 atom stereocenters. The molecule has 1 saturated carbocycles. The Morgan fingerprint density at radius 1 is 1.14 bits per heavy atom. The lowest BCUT2D eigenvalue weighted by Gasteiger charge is -2.34. The van der Waals surface area contributed by atoms with Crippen LogP contribution in [-0.4, -0.2) is 58.2 Å². The maximum absolute atomic E-state index is 13.2. The number of halogens is 1. The molecule has 1 aromatic carbocycles. The summed E-state index contributed by atoms with van der Waals surface area (Å²) in [5.74, 6) is 0.917. The molecule has 2 fully saturated rings. The third kappa shape index (κ3) is 4.30. The molecule has 1 aromatic heterocycles. The van der Waals surface area contributed by atoms with Gasteiger partial charge in [0.15, 0.2) is 0 Å². The summed E-state index contributed by atoms with van der Waals surface area (Å²) in [6.45, 7) is 6.64. The number of rotatable bonds is 4. The van der Waals surface area contributed by atoms with Crippen molar-refractivity contribution in [3.63, 3.8) is 0 Å². The van der Waals surface area contributed by atoms with E-state index < -0.39 is 0 Å². The summed E-state index contributed by atoms with van der Waals surface area (Å²) < 4.78 is 0. The Hall–Kier alpha value is -2.95. The van der Waals surface area contributed by atoms with Gasteiger partial charge in [0.05, 0.1) is 40.4 Å². The number of carbonyl (C=O) groups is 1. The predicted molar refractivity (Wildman–Crippen MR) is 145 cm³/mol. The van der Waals surface area contributed by atoms with Crippen LogP contribution < -0.4 is 5.01 Å². The molecule has 3 heterocycles. The minimum Gasteiger partial charge on any atom is -0.323 e. The summed E-state index contributed by atoms with van der Waals surface area (Å²) in [6.07, 6.45) is 6.78. The van der Waals surface area contributed by atoms with Crippen molar-refractivity contribution in [1.82, 2.24) is 14.8 Å². The van der Waals surface area contributed by atoms with Crippen LogP contribution in [0.2, 0.25) is 5.02 Å². The van der Waals surface area contributed by atoms with E-state index >= 15 is 0 Å². The zero-order chi connectivity index (χ0) is 25.7. The average molecular weight is 517 g/mol. The number of hydrogen-bond acceptors (Lipinski definition) is 6. The summed E-state index contributed by atoms with van der Waals surface area (Å²) in [7, 11) is 0. The maximum atomic E-state index is 13.2. The number of amides is 1. The molecular weight excluding hydrogens is 484 g/mol. The van der Waals surface area contributed by atoms with Crippen molar-refractivity contribution in [2.45, 2.75) is 64.5 Å². The summed E-state index contributed by atoms with van der Waals surface area (Å²) in [4.78, 5) is 22.3. The highest BCUT2D eigenvalue weighted by atomic mass is 35.5. The van der Waals surface area contributed by atoms with E-state index in [0.29, 0.717) is 40.8 Å². The highest BCUT2D eigenvalue weighted by Gasteiger charge is 2.46. The number of carbonyl (C=O) groups excluding carboxylic acids is 1. The molecule has 192 valence electrons. The number of hydrazone groups is 1. The van der Waals surface area contributed by atoms with Gasteiger partial charge in [0.2, 0.25) is 0 Å². The van der Waals surface area contributed by atoms with Crippen molar-refractivity contribution in [3.8, 4) is 6.07 Å². The molecule has 0 spiro atoms. The summed E-state index contributed by atoms with van der Waals surface area (Å²) in [5.41, 5.74) is 5.08. The summed E-state index contributed by atoms with van der Waals surface area (Å²) >= 11 is 6.43. The Morgan fingerprint density at radius 2 is 1.95 bits per heavy atom. The molecule has 6 rings (SSSR count). The Balaban J connectivity index is 1.32. The minimum atomic E-state index is 0.0131. The van der Waals surface area contributed by atoms with Crippen LogP contribution in [0, 0.1) is 23.2 Å². The van der Waals surface area contributed by atoms with Crippen LogP contribution in [0.4, 0.5) is 5.69 Å². The van der Waals surface area contributed by atoms with Gasteiger partial charge >= 0.3 is 0 Å². The van der Waals surface area contributed by atoms with Gasteiger partial charge in [-0.15, -0.1) is 0 Å². The van der Waals surface area contributed by atoms with E-state index in [0.717, 1.165) is 48.6 Å². The van der Waals surface area contributed by atoms with E-state index in [1.807, 2.05) is 23.1 Å². The lowest BCUT2D eigenvalue weighted by Crippen LogP contribution is -2.41. The second-order valence-electron chi connectivity index (χ2n) is 11.1.